The lowest BCUT2D eigenvalue weighted by Crippen LogP contribution is -2.37. The highest BCUT2D eigenvalue weighted by Crippen LogP contribution is 2.31. The number of halogens is 3. The van der Waals surface area contributed by atoms with Crippen LogP contribution in [0.1, 0.15) is 37.6 Å². The molecule has 1 amide bonds. The number of carbonyl (C=O) groups excluding carboxylic acids is 1. The van der Waals surface area contributed by atoms with Crippen LogP contribution in [0.5, 0.6) is 0 Å². The molecule has 0 spiro atoms. The smallest absolute Gasteiger partial charge is 0.262 e. The van der Waals surface area contributed by atoms with Crippen LogP contribution in [-0.4, -0.2) is 20.4 Å². The summed E-state index contributed by atoms with van der Waals surface area (Å²) in [6, 6.07) is 2.34. The summed E-state index contributed by atoms with van der Waals surface area (Å²) < 4.78 is 22.9. The highest BCUT2D eigenvalue weighted by Gasteiger charge is 2.23. The van der Waals surface area contributed by atoms with Gasteiger partial charge in [0.15, 0.2) is 0 Å². The topological polar surface area (TPSA) is 63.2 Å². The normalized spacial score (nSPS) is 14.6. The van der Waals surface area contributed by atoms with E-state index in [0.29, 0.717) is 0 Å². The van der Waals surface area contributed by atoms with Gasteiger partial charge in [0.1, 0.15) is 4.90 Å². The van der Waals surface area contributed by atoms with Gasteiger partial charge < -0.3 is 5.32 Å². The van der Waals surface area contributed by atoms with Gasteiger partial charge in [-0.15, -0.1) is 0 Å². The monoisotopic (exact) mass is 371 g/mol. The first-order valence-electron chi connectivity index (χ1n) is 6.32. The van der Waals surface area contributed by atoms with Crippen molar-refractivity contribution >= 4 is 48.8 Å². The molecule has 0 heterocycles. The molecule has 21 heavy (non-hydrogen) atoms. The fourth-order valence-corrected chi connectivity index (χ4v) is 3.55. The van der Waals surface area contributed by atoms with Gasteiger partial charge in [0.25, 0.3) is 15.0 Å². The van der Waals surface area contributed by atoms with Crippen molar-refractivity contribution in [2.75, 3.05) is 0 Å². The van der Waals surface area contributed by atoms with Gasteiger partial charge in [0.2, 0.25) is 0 Å². The van der Waals surface area contributed by atoms with E-state index < -0.39 is 15.0 Å². The first-order valence-corrected chi connectivity index (χ1v) is 9.39. The van der Waals surface area contributed by atoms with Crippen molar-refractivity contribution in [3.8, 4) is 0 Å². The Morgan fingerprint density at radius 2 is 1.86 bits per heavy atom. The molecule has 0 bridgehead atoms. The van der Waals surface area contributed by atoms with Crippen molar-refractivity contribution in [1.82, 2.24) is 5.32 Å². The lowest BCUT2D eigenvalue weighted by Gasteiger charge is -2.20. The summed E-state index contributed by atoms with van der Waals surface area (Å²) in [6.07, 6.45) is 0.895. The minimum Gasteiger partial charge on any atom is -0.349 e. The van der Waals surface area contributed by atoms with Crippen LogP contribution in [0.4, 0.5) is 0 Å². The zero-order valence-corrected chi connectivity index (χ0v) is 14.9. The lowest BCUT2D eigenvalue weighted by molar-refractivity contribution is 0.0928. The molecule has 0 saturated heterocycles. The van der Waals surface area contributed by atoms with Crippen molar-refractivity contribution in [2.24, 2.45) is 5.92 Å². The predicted molar refractivity (Wildman–Crippen MR) is 85.9 cm³/mol. The number of rotatable bonds is 5. The molecule has 8 heteroatoms. The van der Waals surface area contributed by atoms with Crippen LogP contribution >= 0.6 is 33.9 Å². The predicted octanol–water partition coefficient (Wildman–Crippen LogP) is 4.09. The molecule has 0 aliphatic heterocycles. The average molecular weight is 373 g/mol. The summed E-state index contributed by atoms with van der Waals surface area (Å²) in [5.74, 6) is -0.222. The molecule has 1 aromatic rings. The van der Waals surface area contributed by atoms with E-state index in [-0.39, 0.29) is 32.5 Å². The van der Waals surface area contributed by atoms with Crippen molar-refractivity contribution in [3.63, 3.8) is 0 Å². The minimum absolute atomic E-state index is 0.0152. The number of hydrogen-bond acceptors (Lipinski definition) is 3. The van der Waals surface area contributed by atoms with E-state index in [0.717, 1.165) is 12.5 Å². The van der Waals surface area contributed by atoms with Crippen LogP contribution < -0.4 is 5.32 Å². The molecule has 2 unspecified atom stereocenters. The molecule has 1 rings (SSSR count). The van der Waals surface area contributed by atoms with E-state index in [1.165, 1.54) is 6.07 Å². The molecular formula is C13H16Cl3NO3S. The molecule has 0 aliphatic carbocycles. The van der Waals surface area contributed by atoms with Crippen LogP contribution in [-0.2, 0) is 9.05 Å². The molecular weight excluding hydrogens is 357 g/mol. The third kappa shape index (κ3) is 4.74. The second-order valence-electron chi connectivity index (χ2n) is 4.85. The lowest BCUT2D eigenvalue weighted by atomic mass is 10.0. The quantitative estimate of drug-likeness (QED) is 0.792. The van der Waals surface area contributed by atoms with E-state index in [1.54, 1.807) is 0 Å². The fraction of sp³-hybridized carbons (Fsp3) is 0.462. The summed E-state index contributed by atoms with van der Waals surface area (Å²) >= 11 is 11.8. The molecule has 2 atom stereocenters. The Morgan fingerprint density at radius 1 is 1.29 bits per heavy atom. The number of hydrogen-bond donors (Lipinski definition) is 1. The van der Waals surface area contributed by atoms with Crippen LogP contribution in [0.3, 0.4) is 0 Å². The number of benzene rings is 1. The molecule has 0 saturated carbocycles. The SMILES string of the molecule is CCC(C)C(C)NC(=O)c1cc(Cl)cc(S(=O)(=O)Cl)c1Cl. The summed E-state index contributed by atoms with van der Waals surface area (Å²) in [5.41, 5.74) is -0.0152. The van der Waals surface area contributed by atoms with Gasteiger partial charge in [0, 0.05) is 21.7 Å². The van der Waals surface area contributed by atoms with Gasteiger partial charge in [0.05, 0.1) is 10.6 Å². The number of nitrogens with one attached hydrogen (secondary N) is 1. The van der Waals surface area contributed by atoms with E-state index in [1.807, 2.05) is 20.8 Å². The molecule has 0 radical (unpaired) electrons. The van der Waals surface area contributed by atoms with Crippen LogP contribution in [0.15, 0.2) is 17.0 Å². The molecule has 0 aliphatic rings. The maximum absolute atomic E-state index is 12.2. The molecule has 1 aromatic carbocycles. The second kappa shape index (κ2) is 7.18. The summed E-state index contributed by atoms with van der Waals surface area (Å²) in [6.45, 7) is 5.88. The Bertz CT molecular complexity index is 646. The molecule has 4 nitrogen and oxygen atoms in total. The molecule has 0 aromatic heterocycles. The van der Waals surface area contributed by atoms with E-state index in [2.05, 4.69) is 5.32 Å². The minimum atomic E-state index is -4.09. The van der Waals surface area contributed by atoms with Gasteiger partial charge in [-0.3, -0.25) is 4.79 Å². The third-order valence-electron chi connectivity index (χ3n) is 3.37. The second-order valence-corrected chi connectivity index (χ2v) is 8.20. The van der Waals surface area contributed by atoms with E-state index >= 15 is 0 Å². The van der Waals surface area contributed by atoms with Crippen molar-refractivity contribution in [3.05, 3.63) is 27.7 Å². The molecule has 118 valence electrons. The van der Waals surface area contributed by atoms with Crippen molar-refractivity contribution in [1.29, 1.82) is 0 Å². The Hall–Kier alpha value is -0.490. The third-order valence-corrected chi connectivity index (χ3v) is 5.45. The standard InChI is InChI=1S/C13H16Cl3NO3S/c1-4-7(2)8(3)17-13(18)10-5-9(14)6-11(12(10)15)21(16,19)20/h5-8H,4H2,1-3H3,(H,17,18). The Labute approximate surface area is 139 Å². The van der Waals surface area contributed by atoms with Crippen molar-refractivity contribution < 1.29 is 13.2 Å². The first kappa shape index (κ1) is 18.6. The maximum Gasteiger partial charge on any atom is 0.262 e. The first-order chi connectivity index (χ1) is 9.57. The summed E-state index contributed by atoms with van der Waals surface area (Å²) in [7, 11) is 1.20. The summed E-state index contributed by atoms with van der Waals surface area (Å²) in [4.78, 5) is 11.9. The van der Waals surface area contributed by atoms with Crippen LogP contribution in [0, 0.1) is 5.92 Å². The van der Waals surface area contributed by atoms with Crippen LogP contribution in [0.25, 0.3) is 0 Å². The van der Waals surface area contributed by atoms with Gasteiger partial charge >= 0.3 is 0 Å². The van der Waals surface area contributed by atoms with Crippen molar-refractivity contribution in [2.45, 2.75) is 38.1 Å². The van der Waals surface area contributed by atoms with Gasteiger partial charge in [-0.25, -0.2) is 8.42 Å². The maximum atomic E-state index is 12.2. The van der Waals surface area contributed by atoms with Gasteiger partial charge in [-0.05, 0) is 25.0 Å². The largest absolute Gasteiger partial charge is 0.349 e. The van der Waals surface area contributed by atoms with E-state index in [9.17, 15) is 13.2 Å². The molecule has 1 N–H and O–H groups in total. The highest BCUT2D eigenvalue weighted by molar-refractivity contribution is 8.13. The number of carbonyl (C=O) groups is 1. The van der Waals surface area contributed by atoms with Crippen LogP contribution in [0.2, 0.25) is 10.0 Å². The zero-order valence-electron chi connectivity index (χ0n) is 11.8. The summed E-state index contributed by atoms with van der Waals surface area (Å²) in [5, 5.41) is 2.61. The van der Waals surface area contributed by atoms with E-state index in [4.69, 9.17) is 33.9 Å². The fourth-order valence-electron chi connectivity index (χ4n) is 1.69. The highest BCUT2D eigenvalue weighted by atomic mass is 35.7. The Kier molecular flexibility index (Phi) is 6.35. The Morgan fingerprint density at radius 3 is 2.33 bits per heavy atom. The zero-order chi connectivity index (χ0) is 16.4. The van der Waals surface area contributed by atoms with Gasteiger partial charge in [-0.2, -0.15) is 0 Å². The van der Waals surface area contributed by atoms with Gasteiger partial charge in [-0.1, -0.05) is 43.5 Å². The number of amides is 1. The molecule has 0 fully saturated rings. The average Bonchev–Trinajstić information content (AvgIpc) is 2.38. The Balaban J connectivity index is 3.20.